The summed E-state index contributed by atoms with van der Waals surface area (Å²) in [5.41, 5.74) is 3.28. The van der Waals surface area contributed by atoms with E-state index in [0.717, 1.165) is 49.9 Å². The molecule has 0 unspecified atom stereocenters. The third-order valence-corrected chi connectivity index (χ3v) is 7.90. The fourth-order valence-corrected chi connectivity index (χ4v) is 5.59. The molecular weight excluding hydrogens is 570 g/mol. The number of methoxy groups -OCH3 is 2. The predicted molar refractivity (Wildman–Crippen MR) is 177 cm³/mol. The molecule has 0 fully saturated rings. The maximum Gasteiger partial charge on any atom is 0.323 e. The first-order valence-electron chi connectivity index (χ1n) is 15.5. The summed E-state index contributed by atoms with van der Waals surface area (Å²) in [7, 11) is 3.03. The van der Waals surface area contributed by atoms with Gasteiger partial charge in [-0.05, 0) is 61.8 Å². The zero-order valence-electron chi connectivity index (χ0n) is 26.6. The van der Waals surface area contributed by atoms with Crippen molar-refractivity contribution in [2.75, 3.05) is 45.3 Å². The van der Waals surface area contributed by atoms with Crippen molar-refractivity contribution >= 4 is 28.9 Å². The lowest BCUT2D eigenvalue weighted by Crippen LogP contribution is -2.38. The molecule has 1 N–H and O–H groups in total. The van der Waals surface area contributed by atoms with E-state index in [1.165, 1.54) is 12.0 Å². The summed E-state index contributed by atoms with van der Waals surface area (Å²) in [5.74, 6) is -0.917. The van der Waals surface area contributed by atoms with Gasteiger partial charge in [-0.25, -0.2) is 0 Å². The van der Waals surface area contributed by atoms with Crippen LogP contribution in [0.1, 0.15) is 62.0 Å². The van der Waals surface area contributed by atoms with Crippen LogP contribution in [0.3, 0.4) is 0 Å². The second kappa shape index (κ2) is 15.9. The van der Waals surface area contributed by atoms with Gasteiger partial charge in [0.1, 0.15) is 18.0 Å². The van der Waals surface area contributed by atoms with Crippen molar-refractivity contribution in [3.8, 4) is 22.6 Å². The molecule has 4 aromatic rings. The number of hydrogen-bond acceptors (Lipinski definition) is 6. The van der Waals surface area contributed by atoms with Crippen LogP contribution >= 0.6 is 0 Å². The van der Waals surface area contributed by atoms with Crippen LogP contribution in [0, 0.1) is 0 Å². The molecular formula is C36H43N3O6. The summed E-state index contributed by atoms with van der Waals surface area (Å²) in [4.78, 5) is 43.2. The first kappa shape index (κ1) is 33.3. The number of carboxylic acid groups (broad SMARTS) is 1. The lowest BCUT2D eigenvalue weighted by atomic mass is 9.99. The van der Waals surface area contributed by atoms with E-state index >= 15 is 0 Å². The van der Waals surface area contributed by atoms with E-state index in [4.69, 9.17) is 9.47 Å². The summed E-state index contributed by atoms with van der Waals surface area (Å²) in [5, 5.41) is 9.71. The molecule has 1 amide bonds. The Morgan fingerprint density at radius 3 is 2.16 bits per heavy atom. The average molecular weight is 614 g/mol. The lowest BCUT2D eigenvalue weighted by molar-refractivity contribution is -0.136. The minimum Gasteiger partial charge on any atom is -0.495 e. The number of aromatic nitrogens is 1. The summed E-state index contributed by atoms with van der Waals surface area (Å²) in [6.07, 6.45) is 6.18. The SMILES string of the molecule is CCCCN(CCCC)CCC(=O)N(CC(=O)O)c1ccc(C(=O)c2c(-c3ccccc3)c(OC)c3ccccn23)cc1OC. The van der Waals surface area contributed by atoms with Gasteiger partial charge in [-0.2, -0.15) is 0 Å². The van der Waals surface area contributed by atoms with Crippen LogP contribution < -0.4 is 14.4 Å². The lowest BCUT2D eigenvalue weighted by Gasteiger charge is -2.26. The van der Waals surface area contributed by atoms with Gasteiger partial charge in [0, 0.05) is 24.7 Å². The van der Waals surface area contributed by atoms with Gasteiger partial charge in [0.25, 0.3) is 0 Å². The highest BCUT2D eigenvalue weighted by Gasteiger charge is 2.28. The number of hydrogen-bond donors (Lipinski definition) is 1. The Labute approximate surface area is 265 Å². The molecule has 9 heteroatoms. The molecule has 0 aliphatic carbocycles. The molecule has 0 radical (unpaired) electrons. The number of aliphatic carboxylic acids is 1. The van der Waals surface area contributed by atoms with E-state index in [-0.39, 0.29) is 23.9 Å². The Kier molecular flexibility index (Phi) is 11.8. The molecule has 45 heavy (non-hydrogen) atoms. The minimum atomic E-state index is -1.14. The van der Waals surface area contributed by atoms with Gasteiger partial charge in [-0.15, -0.1) is 0 Å². The molecule has 2 aromatic carbocycles. The van der Waals surface area contributed by atoms with Gasteiger partial charge >= 0.3 is 5.97 Å². The van der Waals surface area contributed by atoms with Gasteiger partial charge in [0.15, 0.2) is 5.75 Å². The molecule has 0 atom stereocenters. The fraction of sp³-hybridized carbons (Fsp3) is 0.361. The zero-order chi connectivity index (χ0) is 32.3. The summed E-state index contributed by atoms with van der Waals surface area (Å²) < 4.78 is 13.3. The van der Waals surface area contributed by atoms with Crippen molar-refractivity contribution in [2.45, 2.75) is 46.0 Å². The number of fused-ring (bicyclic) bond motifs is 1. The number of benzene rings is 2. The summed E-state index contributed by atoms with van der Waals surface area (Å²) in [6.45, 7) is 6.08. The second-order valence-electron chi connectivity index (χ2n) is 11.0. The molecule has 2 heterocycles. The van der Waals surface area contributed by atoms with Crippen LogP contribution in [0.25, 0.3) is 16.6 Å². The summed E-state index contributed by atoms with van der Waals surface area (Å²) in [6, 6.07) is 20.0. The van der Waals surface area contributed by atoms with Crippen molar-refractivity contribution in [1.82, 2.24) is 9.30 Å². The van der Waals surface area contributed by atoms with E-state index in [9.17, 15) is 19.5 Å². The Hall–Kier alpha value is -4.63. The standard InChI is InChI=1S/C36H43N3O6/c1-5-7-20-37(21-8-6-2)23-19-31(40)39(25-32(41)42)28-18-17-27(24-30(28)44-3)35(43)34-33(26-14-10-9-11-15-26)36(45-4)29-16-12-13-22-38(29)34/h9-18,22,24H,5-8,19-21,23,25H2,1-4H3,(H,41,42). The Morgan fingerprint density at radius 1 is 0.844 bits per heavy atom. The van der Waals surface area contributed by atoms with Gasteiger partial charge in [0.2, 0.25) is 11.7 Å². The highest BCUT2D eigenvalue weighted by atomic mass is 16.5. The Bertz CT molecular complexity index is 1610. The highest BCUT2D eigenvalue weighted by molar-refractivity contribution is 6.15. The third-order valence-electron chi connectivity index (χ3n) is 7.90. The van der Waals surface area contributed by atoms with E-state index < -0.39 is 12.5 Å². The number of pyridine rings is 1. The van der Waals surface area contributed by atoms with E-state index in [1.807, 2.05) is 59.1 Å². The van der Waals surface area contributed by atoms with Crippen LogP contribution in [-0.4, -0.2) is 72.5 Å². The quantitative estimate of drug-likeness (QED) is 0.135. The van der Waals surface area contributed by atoms with E-state index in [0.29, 0.717) is 34.8 Å². The minimum absolute atomic E-state index is 0.168. The number of unbranched alkanes of at least 4 members (excludes halogenated alkanes) is 2. The summed E-state index contributed by atoms with van der Waals surface area (Å²) >= 11 is 0. The molecule has 238 valence electrons. The third kappa shape index (κ3) is 7.72. The first-order valence-corrected chi connectivity index (χ1v) is 15.5. The van der Waals surface area contributed by atoms with Crippen molar-refractivity contribution < 1.29 is 29.0 Å². The number of nitrogens with zero attached hydrogens (tertiary/aromatic N) is 3. The van der Waals surface area contributed by atoms with Gasteiger partial charge in [-0.3, -0.25) is 19.3 Å². The molecule has 0 bridgehead atoms. The second-order valence-corrected chi connectivity index (χ2v) is 11.0. The monoisotopic (exact) mass is 613 g/mol. The van der Waals surface area contributed by atoms with Crippen molar-refractivity contribution in [1.29, 1.82) is 0 Å². The normalized spacial score (nSPS) is 11.1. The van der Waals surface area contributed by atoms with Crippen molar-refractivity contribution in [2.24, 2.45) is 0 Å². The largest absolute Gasteiger partial charge is 0.495 e. The van der Waals surface area contributed by atoms with E-state index in [2.05, 4.69) is 18.7 Å². The number of carboxylic acids is 1. The smallest absolute Gasteiger partial charge is 0.323 e. The fourth-order valence-electron chi connectivity index (χ4n) is 5.59. The number of carbonyl (C=O) groups is 3. The zero-order valence-corrected chi connectivity index (χ0v) is 26.6. The van der Waals surface area contributed by atoms with Crippen LogP contribution in [-0.2, 0) is 9.59 Å². The number of carbonyl (C=O) groups excluding carboxylic acids is 2. The van der Waals surface area contributed by atoms with Crippen LogP contribution in [0.4, 0.5) is 5.69 Å². The number of anilines is 1. The number of ether oxygens (including phenoxy) is 2. The Balaban J connectivity index is 1.71. The van der Waals surface area contributed by atoms with Crippen molar-refractivity contribution in [3.05, 3.63) is 84.2 Å². The molecule has 0 aliphatic rings. The molecule has 0 saturated carbocycles. The highest BCUT2D eigenvalue weighted by Crippen LogP contribution is 2.41. The average Bonchev–Trinajstić information content (AvgIpc) is 3.40. The van der Waals surface area contributed by atoms with Gasteiger partial charge < -0.3 is 23.9 Å². The van der Waals surface area contributed by atoms with Crippen molar-refractivity contribution in [3.63, 3.8) is 0 Å². The number of ketones is 1. The number of amides is 1. The first-order chi connectivity index (χ1) is 21.8. The molecule has 0 spiro atoms. The topological polar surface area (TPSA) is 101 Å². The maximum absolute atomic E-state index is 14.3. The molecule has 0 aliphatic heterocycles. The maximum atomic E-state index is 14.3. The molecule has 2 aromatic heterocycles. The number of rotatable bonds is 17. The van der Waals surface area contributed by atoms with Gasteiger partial charge in [-0.1, -0.05) is 63.1 Å². The van der Waals surface area contributed by atoms with E-state index in [1.54, 1.807) is 25.3 Å². The molecule has 0 saturated heterocycles. The van der Waals surface area contributed by atoms with Crippen LogP contribution in [0.5, 0.6) is 11.5 Å². The predicted octanol–water partition coefficient (Wildman–Crippen LogP) is 6.56. The van der Waals surface area contributed by atoms with Crippen LogP contribution in [0.2, 0.25) is 0 Å². The molecule has 9 nitrogen and oxygen atoms in total. The Morgan fingerprint density at radius 2 is 1.53 bits per heavy atom. The van der Waals surface area contributed by atoms with Crippen LogP contribution in [0.15, 0.2) is 72.9 Å². The molecule has 4 rings (SSSR count). The van der Waals surface area contributed by atoms with Gasteiger partial charge in [0.05, 0.1) is 31.0 Å².